The number of pyridine rings is 1. The van der Waals surface area contributed by atoms with Crippen LogP contribution in [-0.4, -0.2) is 28.6 Å². The minimum Gasteiger partial charge on any atom is -0.497 e. The van der Waals surface area contributed by atoms with Crippen LogP contribution in [0.2, 0.25) is 5.02 Å². The molecule has 3 rings (SSSR count). The van der Waals surface area contributed by atoms with E-state index in [1.54, 1.807) is 36.4 Å². The number of hydrogen-bond acceptors (Lipinski definition) is 4. The number of fused-ring (bicyclic) bond motifs is 1. The van der Waals surface area contributed by atoms with E-state index in [1.165, 1.54) is 17.7 Å². The van der Waals surface area contributed by atoms with Gasteiger partial charge in [-0.05, 0) is 36.4 Å². The van der Waals surface area contributed by atoms with Crippen LogP contribution in [0.25, 0.3) is 5.65 Å². The SMILES string of the molecule is COc1ccc(Sc2c(NC(=O)C(F)(F)F)nc3ccc(Cl)cn23)cc1. The van der Waals surface area contributed by atoms with Crippen LogP contribution in [0.5, 0.6) is 5.75 Å². The number of benzene rings is 1. The maximum atomic E-state index is 12.6. The molecule has 2 heterocycles. The lowest BCUT2D eigenvalue weighted by Gasteiger charge is -2.09. The highest BCUT2D eigenvalue weighted by Gasteiger charge is 2.39. The Morgan fingerprint density at radius 3 is 2.54 bits per heavy atom. The summed E-state index contributed by atoms with van der Waals surface area (Å²) in [5.74, 6) is -1.65. The van der Waals surface area contributed by atoms with Crippen molar-refractivity contribution in [3.63, 3.8) is 0 Å². The summed E-state index contributed by atoms with van der Waals surface area (Å²) in [6, 6.07) is 10.0. The van der Waals surface area contributed by atoms with Crippen LogP contribution in [0.1, 0.15) is 0 Å². The van der Waals surface area contributed by atoms with Gasteiger partial charge in [-0.25, -0.2) is 4.98 Å². The summed E-state index contributed by atoms with van der Waals surface area (Å²) in [5.41, 5.74) is 0.350. The highest BCUT2D eigenvalue weighted by molar-refractivity contribution is 7.99. The summed E-state index contributed by atoms with van der Waals surface area (Å²) in [5, 5.41) is 2.49. The van der Waals surface area contributed by atoms with E-state index in [2.05, 4.69) is 4.98 Å². The number of halogens is 4. The van der Waals surface area contributed by atoms with Gasteiger partial charge >= 0.3 is 12.1 Å². The molecular formula is C16H11ClF3N3O2S. The van der Waals surface area contributed by atoms with Crippen molar-refractivity contribution in [3.05, 3.63) is 47.6 Å². The van der Waals surface area contributed by atoms with E-state index in [0.29, 0.717) is 21.4 Å². The third kappa shape index (κ3) is 3.88. The van der Waals surface area contributed by atoms with E-state index in [0.717, 1.165) is 16.7 Å². The van der Waals surface area contributed by atoms with Crippen molar-refractivity contribution in [1.29, 1.82) is 0 Å². The zero-order valence-electron chi connectivity index (χ0n) is 13.2. The molecular weight excluding hydrogens is 391 g/mol. The van der Waals surface area contributed by atoms with Gasteiger partial charge in [0.2, 0.25) is 0 Å². The lowest BCUT2D eigenvalue weighted by atomic mass is 10.3. The van der Waals surface area contributed by atoms with Crippen LogP contribution in [0.4, 0.5) is 19.0 Å². The first-order valence-electron chi connectivity index (χ1n) is 7.15. The number of anilines is 1. The van der Waals surface area contributed by atoms with Crippen molar-refractivity contribution in [2.24, 2.45) is 0 Å². The first-order valence-corrected chi connectivity index (χ1v) is 8.35. The molecule has 26 heavy (non-hydrogen) atoms. The average Bonchev–Trinajstić information content (AvgIpc) is 2.91. The van der Waals surface area contributed by atoms with E-state index in [-0.39, 0.29) is 5.82 Å². The minimum atomic E-state index is -5.02. The third-order valence-corrected chi connectivity index (χ3v) is 4.62. The van der Waals surface area contributed by atoms with Gasteiger partial charge in [0, 0.05) is 11.1 Å². The van der Waals surface area contributed by atoms with Crippen LogP contribution in [0, 0.1) is 0 Å². The van der Waals surface area contributed by atoms with Gasteiger partial charge in [0.05, 0.1) is 12.1 Å². The van der Waals surface area contributed by atoms with E-state index < -0.39 is 12.1 Å². The third-order valence-electron chi connectivity index (χ3n) is 3.30. The molecule has 0 radical (unpaired) electrons. The monoisotopic (exact) mass is 401 g/mol. The topological polar surface area (TPSA) is 55.6 Å². The molecule has 0 bridgehead atoms. The molecule has 2 aromatic heterocycles. The first-order chi connectivity index (χ1) is 12.3. The van der Waals surface area contributed by atoms with Crippen molar-refractivity contribution in [2.75, 3.05) is 12.4 Å². The lowest BCUT2D eigenvalue weighted by molar-refractivity contribution is -0.167. The number of amides is 1. The summed E-state index contributed by atoms with van der Waals surface area (Å²) in [6.45, 7) is 0. The second-order valence-electron chi connectivity index (χ2n) is 5.07. The smallest absolute Gasteiger partial charge is 0.471 e. The fraction of sp³-hybridized carbons (Fsp3) is 0.125. The molecule has 0 saturated heterocycles. The molecule has 0 unspecified atom stereocenters. The molecule has 136 valence electrons. The highest BCUT2D eigenvalue weighted by Crippen LogP contribution is 2.36. The van der Waals surface area contributed by atoms with Gasteiger partial charge in [0.1, 0.15) is 16.4 Å². The van der Waals surface area contributed by atoms with Crippen molar-refractivity contribution in [3.8, 4) is 5.75 Å². The van der Waals surface area contributed by atoms with Gasteiger partial charge in [-0.3, -0.25) is 9.20 Å². The van der Waals surface area contributed by atoms with Crippen molar-refractivity contribution in [1.82, 2.24) is 9.38 Å². The molecule has 0 aliphatic rings. The van der Waals surface area contributed by atoms with Crippen molar-refractivity contribution in [2.45, 2.75) is 16.1 Å². The molecule has 0 spiro atoms. The standard InChI is InChI=1S/C16H11ClF3N3O2S/c1-25-10-3-5-11(6-4-10)26-14-13(22-15(24)16(18,19)20)21-12-7-2-9(17)8-23(12)14/h2-8H,1H3,(H,22,24). The number of aromatic nitrogens is 2. The van der Waals surface area contributed by atoms with Gasteiger partial charge in [0.15, 0.2) is 5.82 Å². The number of nitrogens with one attached hydrogen (secondary N) is 1. The molecule has 3 aromatic rings. The molecule has 0 aliphatic carbocycles. The van der Waals surface area contributed by atoms with Gasteiger partial charge in [0.25, 0.3) is 0 Å². The summed E-state index contributed by atoms with van der Waals surface area (Å²) < 4.78 is 44.4. The molecule has 1 amide bonds. The van der Waals surface area contributed by atoms with Crippen LogP contribution in [0.15, 0.2) is 52.5 Å². The summed E-state index contributed by atoms with van der Waals surface area (Å²) >= 11 is 7.11. The number of methoxy groups -OCH3 is 1. The van der Waals surface area contributed by atoms with Crippen LogP contribution in [-0.2, 0) is 4.79 Å². The summed E-state index contributed by atoms with van der Waals surface area (Å²) in [4.78, 5) is 16.1. The molecule has 0 atom stereocenters. The number of carbonyl (C=O) groups excluding carboxylic acids is 1. The van der Waals surface area contributed by atoms with E-state index in [9.17, 15) is 18.0 Å². The second kappa shape index (κ2) is 7.08. The maximum absolute atomic E-state index is 12.6. The highest BCUT2D eigenvalue weighted by atomic mass is 35.5. The Hall–Kier alpha value is -2.39. The zero-order valence-corrected chi connectivity index (χ0v) is 14.7. The van der Waals surface area contributed by atoms with Crippen molar-refractivity contribution < 1.29 is 22.7 Å². The van der Waals surface area contributed by atoms with E-state index >= 15 is 0 Å². The maximum Gasteiger partial charge on any atom is 0.471 e. The predicted octanol–water partition coefficient (Wildman–Crippen LogP) is 4.65. The molecule has 0 fully saturated rings. The van der Waals surface area contributed by atoms with Gasteiger partial charge in [-0.1, -0.05) is 23.4 Å². The normalized spacial score (nSPS) is 11.6. The number of carbonyl (C=O) groups is 1. The fourth-order valence-corrected chi connectivity index (χ4v) is 3.20. The Kier molecular flexibility index (Phi) is 5.01. The molecule has 1 N–H and O–H groups in total. The number of alkyl halides is 3. The Labute approximate surface area is 155 Å². The number of imidazole rings is 1. The summed E-state index contributed by atoms with van der Waals surface area (Å²) in [6.07, 6.45) is -3.51. The molecule has 10 heteroatoms. The molecule has 0 saturated carbocycles. The Morgan fingerprint density at radius 1 is 1.23 bits per heavy atom. The molecule has 5 nitrogen and oxygen atoms in total. The Balaban J connectivity index is 2.03. The van der Waals surface area contributed by atoms with Crippen LogP contribution in [0.3, 0.4) is 0 Å². The quantitative estimate of drug-likeness (QED) is 0.691. The average molecular weight is 402 g/mol. The molecule has 1 aromatic carbocycles. The predicted molar refractivity (Wildman–Crippen MR) is 92.0 cm³/mol. The number of nitrogens with zero attached hydrogens (tertiary/aromatic N) is 2. The number of rotatable bonds is 4. The number of hydrogen-bond donors (Lipinski definition) is 1. The zero-order chi connectivity index (χ0) is 18.9. The lowest BCUT2D eigenvalue weighted by Crippen LogP contribution is -2.30. The molecule has 0 aliphatic heterocycles. The number of ether oxygens (including phenoxy) is 1. The van der Waals surface area contributed by atoms with E-state index in [1.807, 2.05) is 5.32 Å². The van der Waals surface area contributed by atoms with Gasteiger partial charge in [-0.15, -0.1) is 0 Å². The minimum absolute atomic E-state index is 0.199. The van der Waals surface area contributed by atoms with Gasteiger partial charge in [-0.2, -0.15) is 13.2 Å². The Bertz CT molecular complexity index is 958. The largest absolute Gasteiger partial charge is 0.497 e. The fourth-order valence-electron chi connectivity index (χ4n) is 2.11. The van der Waals surface area contributed by atoms with Crippen LogP contribution < -0.4 is 10.1 Å². The summed E-state index contributed by atoms with van der Waals surface area (Å²) in [7, 11) is 1.53. The second-order valence-corrected chi connectivity index (χ2v) is 6.57. The van der Waals surface area contributed by atoms with Crippen LogP contribution >= 0.6 is 23.4 Å². The Morgan fingerprint density at radius 2 is 1.92 bits per heavy atom. The van der Waals surface area contributed by atoms with Crippen molar-refractivity contribution >= 4 is 40.7 Å². The first kappa shape index (κ1) is 18.4. The van der Waals surface area contributed by atoms with E-state index in [4.69, 9.17) is 16.3 Å². The van der Waals surface area contributed by atoms with Gasteiger partial charge < -0.3 is 10.1 Å².